The van der Waals surface area contributed by atoms with Crippen LogP contribution in [0.3, 0.4) is 0 Å². The van der Waals surface area contributed by atoms with Gasteiger partial charge >= 0.3 is 0 Å². The van der Waals surface area contributed by atoms with E-state index in [-0.39, 0.29) is 5.60 Å². The van der Waals surface area contributed by atoms with Crippen molar-refractivity contribution < 1.29 is 4.74 Å². The average Bonchev–Trinajstić information content (AvgIpc) is 2.06. The van der Waals surface area contributed by atoms with Gasteiger partial charge in [-0.15, -0.1) is 0 Å². The van der Waals surface area contributed by atoms with Gasteiger partial charge < -0.3 is 10.1 Å². The third-order valence-corrected chi connectivity index (χ3v) is 4.38. The van der Waals surface area contributed by atoms with E-state index in [0.717, 1.165) is 5.92 Å². The molecule has 0 bridgehead atoms. The maximum absolute atomic E-state index is 5.68. The molecule has 0 radical (unpaired) electrons. The van der Waals surface area contributed by atoms with Crippen LogP contribution in [0.4, 0.5) is 0 Å². The zero-order valence-corrected chi connectivity index (χ0v) is 9.51. The van der Waals surface area contributed by atoms with Crippen LogP contribution in [0.5, 0.6) is 0 Å². The highest BCUT2D eigenvalue weighted by Crippen LogP contribution is 2.42. The monoisotopic (exact) mass is 197 g/mol. The van der Waals surface area contributed by atoms with Gasteiger partial charge in [-0.2, -0.15) is 0 Å². The molecule has 82 valence electrons. The Morgan fingerprint density at radius 2 is 2.07 bits per heavy atom. The van der Waals surface area contributed by atoms with Crippen molar-refractivity contribution in [3.8, 4) is 0 Å². The molecule has 14 heavy (non-hydrogen) atoms. The summed E-state index contributed by atoms with van der Waals surface area (Å²) in [5.74, 6) is 0.924. The van der Waals surface area contributed by atoms with Gasteiger partial charge in [0, 0.05) is 13.2 Å². The highest BCUT2D eigenvalue weighted by atomic mass is 16.5. The topological polar surface area (TPSA) is 21.3 Å². The molecule has 1 unspecified atom stereocenters. The molecule has 0 aromatic rings. The van der Waals surface area contributed by atoms with Gasteiger partial charge in [-0.05, 0) is 51.5 Å². The number of rotatable bonds is 5. The molecule has 2 saturated carbocycles. The second-order valence-corrected chi connectivity index (χ2v) is 5.03. The zero-order valence-electron chi connectivity index (χ0n) is 9.51. The Morgan fingerprint density at radius 3 is 2.36 bits per heavy atom. The quantitative estimate of drug-likeness (QED) is 0.730. The Hall–Kier alpha value is -0.0800. The maximum atomic E-state index is 5.68. The minimum Gasteiger partial charge on any atom is -0.378 e. The van der Waals surface area contributed by atoms with E-state index in [0.29, 0.717) is 6.04 Å². The van der Waals surface area contributed by atoms with Crippen LogP contribution < -0.4 is 5.32 Å². The summed E-state index contributed by atoms with van der Waals surface area (Å²) in [7, 11) is 3.98. The molecule has 0 heterocycles. The predicted octanol–water partition coefficient (Wildman–Crippen LogP) is 2.33. The third-order valence-electron chi connectivity index (χ3n) is 4.38. The van der Waals surface area contributed by atoms with Gasteiger partial charge in [-0.3, -0.25) is 0 Å². The predicted molar refractivity (Wildman–Crippen MR) is 58.4 cm³/mol. The van der Waals surface area contributed by atoms with Crippen molar-refractivity contribution in [2.24, 2.45) is 5.92 Å². The van der Waals surface area contributed by atoms with E-state index in [1.807, 2.05) is 7.11 Å². The number of methoxy groups -OCH3 is 1. The van der Waals surface area contributed by atoms with E-state index in [1.54, 1.807) is 0 Å². The molecule has 2 aliphatic carbocycles. The lowest BCUT2D eigenvalue weighted by atomic mass is 9.70. The van der Waals surface area contributed by atoms with Crippen molar-refractivity contribution in [3.05, 3.63) is 0 Å². The minimum absolute atomic E-state index is 0.239. The molecule has 2 rings (SSSR count). The summed E-state index contributed by atoms with van der Waals surface area (Å²) in [5.41, 5.74) is 0.239. The molecule has 0 aromatic heterocycles. The van der Waals surface area contributed by atoms with Gasteiger partial charge in [0.05, 0.1) is 5.60 Å². The summed E-state index contributed by atoms with van der Waals surface area (Å²) in [6.45, 7) is 0. The summed E-state index contributed by atoms with van der Waals surface area (Å²) in [6.07, 6.45) is 9.40. The standard InChI is InChI=1S/C12H23NO/c1-13-11(10-5-3-6-10)9-12(14-2)7-4-8-12/h10-11,13H,3-9H2,1-2H3. The van der Waals surface area contributed by atoms with Crippen molar-refractivity contribution in [1.82, 2.24) is 5.32 Å². The molecular formula is C12H23NO. The Labute approximate surface area is 87.4 Å². The summed E-state index contributed by atoms with van der Waals surface area (Å²) >= 11 is 0. The molecule has 2 aliphatic rings. The van der Waals surface area contributed by atoms with Crippen LogP contribution in [0.15, 0.2) is 0 Å². The van der Waals surface area contributed by atoms with Gasteiger partial charge in [-0.25, -0.2) is 0 Å². The van der Waals surface area contributed by atoms with Crippen LogP contribution in [0.2, 0.25) is 0 Å². The van der Waals surface area contributed by atoms with E-state index in [9.17, 15) is 0 Å². The molecule has 0 aromatic carbocycles. The Bertz CT molecular complexity index is 179. The Morgan fingerprint density at radius 1 is 1.36 bits per heavy atom. The number of hydrogen-bond donors (Lipinski definition) is 1. The number of ether oxygens (including phenoxy) is 1. The second kappa shape index (κ2) is 4.19. The summed E-state index contributed by atoms with van der Waals surface area (Å²) < 4.78 is 5.68. The summed E-state index contributed by atoms with van der Waals surface area (Å²) in [6, 6.07) is 0.698. The lowest BCUT2D eigenvalue weighted by molar-refractivity contribution is -0.0887. The Balaban J connectivity index is 1.86. The van der Waals surface area contributed by atoms with Crippen molar-refractivity contribution in [1.29, 1.82) is 0 Å². The molecule has 2 nitrogen and oxygen atoms in total. The molecule has 2 fully saturated rings. The molecular weight excluding hydrogens is 174 g/mol. The van der Waals surface area contributed by atoms with Crippen LogP contribution in [0.1, 0.15) is 44.9 Å². The molecule has 0 amide bonds. The fourth-order valence-electron chi connectivity index (χ4n) is 2.81. The van der Waals surface area contributed by atoms with E-state index in [4.69, 9.17) is 4.74 Å². The van der Waals surface area contributed by atoms with Crippen LogP contribution in [-0.2, 0) is 4.74 Å². The van der Waals surface area contributed by atoms with E-state index < -0.39 is 0 Å². The highest BCUT2D eigenvalue weighted by Gasteiger charge is 2.41. The van der Waals surface area contributed by atoms with Crippen molar-refractivity contribution in [3.63, 3.8) is 0 Å². The Kier molecular flexibility index (Phi) is 3.13. The SMILES string of the molecule is CNC(CC1(OC)CCC1)C1CCC1. The normalized spacial score (nSPS) is 27.9. The summed E-state index contributed by atoms with van der Waals surface area (Å²) in [4.78, 5) is 0. The largest absolute Gasteiger partial charge is 0.378 e. The fourth-order valence-corrected chi connectivity index (χ4v) is 2.81. The van der Waals surface area contributed by atoms with Gasteiger partial charge in [0.15, 0.2) is 0 Å². The smallest absolute Gasteiger partial charge is 0.0693 e. The van der Waals surface area contributed by atoms with Crippen molar-refractivity contribution >= 4 is 0 Å². The molecule has 0 aliphatic heterocycles. The van der Waals surface area contributed by atoms with Crippen LogP contribution in [0.25, 0.3) is 0 Å². The first-order chi connectivity index (χ1) is 6.79. The first-order valence-electron chi connectivity index (χ1n) is 6.02. The van der Waals surface area contributed by atoms with E-state index in [2.05, 4.69) is 12.4 Å². The third kappa shape index (κ3) is 1.82. The first kappa shape index (κ1) is 10.4. The van der Waals surface area contributed by atoms with Gasteiger partial charge in [-0.1, -0.05) is 6.42 Å². The van der Waals surface area contributed by atoms with Crippen molar-refractivity contribution in [2.75, 3.05) is 14.2 Å². The van der Waals surface area contributed by atoms with Crippen LogP contribution in [-0.4, -0.2) is 25.8 Å². The van der Waals surface area contributed by atoms with E-state index >= 15 is 0 Å². The number of hydrogen-bond acceptors (Lipinski definition) is 2. The van der Waals surface area contributed by atoms with Crippen LogP contribution >= 0.6 is 0 Å². The lowest BCUT2D eigenvalue weighted by Gasteiger charge is -2.45. The van der Waals surface area contributed by atoms with Crippen LogP contribution in [0, 0.1) is 5.92 Å². The molecule has 0 spiro atoms. The lowest BCUT2D eigenvalue weighted by Crippen LogP contribution is -2.48. The highest BCUT2D eigenvalue weighted by molar-refractivity contribution is 4.95. The zero-order chi connectivity index (χ0) is 10.0. The average molecular weight is 197 g/mol. The maximum Gasteiger partial charge on any atom is 0.0693 e. The first-order valence-corrected chi connectivity index (χ1v) is 6.02. The fraction of sp³-hybridized carbons (Fsp3) is 1.00. The molecule has 1 atom stereocenters. The van der Waals surface area contributed by atoms with Gasteiger partial charge in [0.1, 0.15) is 0 Å². The molecule has 1 N–H and O–H groups in total. The second-order valence-electron chi connectivity index (χ2n) is 5.03. The van der Waals surface area contributed by atoms with Gasteiger partial charge in [0.2, 0.25) is 0 Å². The molecule has 2 heteroatoms. The van der Waals surface area contributed by atoms with E-state index in [1.165, 1.54) is 44.9 Å². The molecule has 0 saturated heterocycles. The van der Waals surface area contributed by atoms with Gasteiger partial charge in [0.25, 0.3) is 0 Å². The van der Waals surface area contributed by atoms with Crippen molar-refractivity contribution in [2.45, 2.75) is 56.6 Å². The number of nitrogens with one attached hydrogen (secondary N) is 1. The summed E-state index contributed by atoms with van der Waals surface area (Å²) in [5, 5.41) is 3.48. The minimum atomic E-state index is 0.239.